The first-order chi connectivity index (χ1) is 17.0. The molecule has 0 bridgehead atoms. The molecule has 4 rings (SSSR count). The number of aromatic nitrogens is 1. The molecule has 0 aliphatic heterocycles. The number of aliphatic hydroxyl groups excluding tert-OH is 2. The number of carbonyl (C=O) groups excluding carboxylic acids is 2. The number of amides is 2. The van der Waals surface area contributed by atoms with Crippen molar-refractivity contribution in [1.82, 2.24) is 9.88 Å². The molecule has 36 heavy (non-hydrogen) atoms. The van der Waals surface area contributed by atoms with Crippen LogP contribution < -0.4 is 5.32 Å². The summed E-state index contributed by atoms with van der Waals surface area (Å²) in [4.78, 5) is 33.1. The molecule has 1 fully saturated rings. The Labute approximate surface area is 214 Å². The average molecular weight is 514 g/mol. The highest BCUT2D eigenvalue weighted by Gasteiger charge is 2.59. The Morgan fingerprint density at radius 2 is 2.03 bits per heavy atom. The van der Waals surface area contributed by atoms with Crippen LogP contribution in [0.25, 0.3) is 0 Å². The van der Waals surface area contributed by atoms with E-state index >= 15 is 0 Å². The van der Waals surface area contributed by atoms with Crippen molar-refractivity contribution in [3.05, 3.63) is 46.2 Å². The Hall–Kier alpha value is -2.80. The van der Waals surface area contributed by atoms with Gasteiger partial charge in [0.15, 0.2) is 5.13 Å². The second kappa shape index (κ2) is 9.92. The van der Waals surface area contributed by atoms with Crippen LogP contribution in [-0.2, 0) is 11.2 Å². The number of nitrogens with zero attached hydrogens (tertiary/aromatic N) is 2. The van der Waals surface area contributed by atoms with Gasteiger partial charge in [-0.2, -0.15) is 0 Å². The van der Waals surface area contributed by atoms with Crippen molar-refractivity contribution in [1.29, 1.82) is 0 Å². The zero-order valence-electron chi connectivity index (χ0n) is 20.8. The first-order valence-electron chi connectivity index (χ1n) is 12.1. The monoisotopic (exact) mass is 513 g/mol. The Morgan fingerprint density at radius 1 is 1.33 bits per heavy atom. The number of hydrogen-bond acceptors (Lipinski definition) is 6. The van der Waals surface area contributed by atoms with Crippen LogP contribution in [0.2, 0.25) is 0 Å². The lowest BCUT2D eigenvalue weighted by atomic mass is 9.47. The fourth-order valence-electron chi connectivity index (χ4n) is 6.03. The van der Waals surface area contributed by atoms with Gasteiger partial charge in [0.1, 0.15) is 5.82 Å². The minimum atomic E-state index is -0.738. The highest BCUT2D eigenvalue weighted by atomic mass is 32.1. The van der Waals surface area contributed by atoms with Crippen molar-refractivity contribution in [2.45, 2.75) is 51.6 Å². The van der Waals surface area contributed by atoms with Crippen LogP contribution in [0.1, 0.15) is 60.0 Å². The van der Waals surface area contributed by atoms with E-state index in [-0.39, 0.29) is 37.3 Å². The number of nitrogens with one attached hydrogen (secondary N) is 1. The van der Waals surface area contributed by atoms with E-state index in [0.717, 1.165) is 10.6 Å². The van der Waals surface area contributed by atoms with Gasteiger partial charge in [-0.05, 0) is 54.9 Å². The molecular formula is C27H32FN3O4S. The molecule has 0 spiro atoms. The van der Waals surface area contributed by atoms with Gasteiger partial charge in [0.2, 0.25) is 5.91 Å². The van der Waals surface area contributed by atoms with Gasteiger partial charge >= 0.3 is 0 Å². The third kappa shape index (κ3) is 4.54. The van der Waals surface area contributed by atoms with Crippen LogP contribution in [0.3, 0.4) is 0 Å². The number of anilines is 1. The molecule has 2 aliphatic rings. The molecule has 0 radical (unpaired) electrons. The van der Waals surface area contributed by atoms with Gasteiger partial charge in [-0.3, -0.25) is 14.9 Å². The third-order valence-corrected chi connectivity index (χ3v) is 9.36. The summed E-state index contributed by atoms with van der Waals surface area (Å²) in [6, 6.07) is 5.26. The van der Waals surface area contributed by atoms with Gasteiger partial charge in [-0.15, -0.1) is 17.8 Å². The number of benzene rings is 1. The maximum absolute atomic E-state index is 13.3. The summed E-state index contributed by atoms with van der Waals surface area (Å²) in [6.45, 7) is 4.05. The van der Waals surface area contributed by atoms with Crippen LogP contribution >= 0.6 is 11.3 Å². The predicted molar refractivity (Wildman–Crippen MR) is 136 cm³/mol. The van der Waals surface area contributed by atoms with Crippen molar-refractivity contribution < 1.29 is 24.2 Å². The molecule has 1 aromatic carbocycles. The van der Waals surface area contributed by atoms with Gasteiger partial charge in [0.05, 0.1) is 24.9 Å². The van der Waals surface area contributed by atoms with Crippen LogP contribution in [0, 0.1) is 34.9 Å². The van der Waals surface area contributed by atoms with E-state index in [1.54, 1.807) is 7.05 Å². The Bertz CT molecular complexity index is 1190. The first kappa shape index (κ1) is 26.3. The maximum Gasteiger partial charge on any atom is 0.257 e. The number of hydrogen-bond donors (Lipinski definition) is 3. The summed E-state index contributed by atoms with van der Waals surface area (Å²) in [6.07, 6.45) is 6.71. The van der Waals surface area contributed by atoms with E-state index in [2.05, 4.69) is 18.2 Å². The van der Waals surface area contributed by atoms with Crippen molar-refractivity contribution in [2.75, 3.05) is 25.5 Å². The van der Waals surface area contributed by atoms with E-state index in [9.17, 15) is 24.2 Å². The van der Waals surface area contributed by atoms with Gasteiger partial charge in [0, 0.05) is 35.2 Å². The normalized spacial score (nSPS) is 29.0. The molecule has 1 heterocycles. The zero-order chi connectivity index (χ0) is 26.3. The van der Waals surface area contributed by atoms with E-state index in [1.165, 1.54) is 40.5 Å². The van der Waals surface area contributed by atoms with E-state index < -0.39 is 28.7 Å². The summed E-state index contributed by atoms with van der Waals surface area (Å²) >= 11 is 1.34. The number of terminal acetylenes is 1. The number of thiazole rings is 1. The topological polar surface area (TPSA) is 103 Å². The number of halogens is 1. The lowest BCUT2D eigenvalue weighted by Gasteiger charge is -2.58. The molecule has 7 nitrogen and oxygen atoms in total. The third-order valence-electron chi connectivity index (χ3n) is 8.35. The quantitative estimate of drug-likeness (QED) is 0.514. The molecule has 2 aromatic rings. The number of carbonyl (C=O) groups is 2. The molecule has 1 saturated carbocycles. The van der Waals surface area contributed by atoms with Crippen molar-refractivity contribution >= 4 is 28.3 Å². The Balaban J connectivity index is 1.72. The van der Waals surface area contributed by atoms with E-state index in [0.29, 0.717) is 30.0 Å². The average Bonchev–Trinajstić information content (AvgIpc) is 3.25. The Kier molecular flexibility index (Phi) is 7.24. The summed E-state index contributed by atoms with van der Waals surface area (Å²) < 4.78 is 13.3. The fraction of sp³-hybridized carbons (Fsp3) is 0.519. The number of aliphatic hydroxyl groups is 2. The number of fused-ring (bicyclic) bond motifs is 2. The minimum Gasteiger partial charge on any atom is -0.396 e. The maximum atomic E-state index is 13.3. The lowest BCUT2D eigenvalue weighted by molar-refractivity contribution is -0.146. The van der Waals surface area contributed by atoms with Gasteiger partial charge < -0.3 is 15.1 Å². The minimum absolute atomic E-state index is 0.0944. The SMILES string of the molecule is C#CCN(C)C(=O)C[C@@H]1c2nc(NC(=O)c3ccc(F)cc3)sc2C[C@@H]2[C@](C)(CO)[C@H](O)CC[C@]21C. The standard InChI is InChI=1S/C27H32FN3O4S/c1-5-12-31(4)22(34)13-18-23-19(14-20-26(18,2)11-10-21(33)27(20,3)15-32)36-25(29-23)30-24(35)16-6-8-17(28)9-7-16/h1,6-9,18,20-21,32-33H,10-15H2,2-4H3,(H,29,30,35)/t18-,20+,21-,26+,27+/m1/s1. The molecule has 0 saturated heterocycles. The smallest absolute Gasteiger partial charge is 0.257 e. The molecule has 0 unspecified atom stereocenters. The summed E-state index contributed by atoms with van der Waals surface area (Å²) in [5.41, 5.74) is -0.0583. The Morgan fingerprint density at radius 3 is 2.67 bits per heavy atom. The summed E-state index contributed by atoms with van der Waals surface area (Å²) in [5, 5.41) is 24.5. The van der Waals surface area contributed by atoms with Gasteiger partial charge in [-0.25, -0.2) is 9.37 Å². The second-order valence-corrected chi connectivity index (χ2v) is 11.6. The second-order valence-electron chi connectivity index (χ2n) is 10.5. The van der Waals surface area contributed by atoms with Crippen LogP contribution in [0.5, 0.6) is 0 Å². The highest BCUT2D eigenvalue weighted by molar-refractivity contribution is 7.15. The summed E-state index contributed by atoms with van der Waals surface area (Å²) in [5.74, 6) is 1.20. The zero-order valence-corrected chi connectivity index (χ0v) is 21.6. The van der Waals surface area contributed by atoms with Crippen molar-refractivity contribution in [3.63, 3.8) is 0 Å². The first-order valence-corrected chi connectivity index (χ1v) is 12.9. The highest BCUT2D eigenvalue weighted by Crippen LogP contribution is 2.62. The molecule has 1 aromatic heterocycles. The largest absolute Gasteiger partial charge is 0.396 e. The van der Waals surface area contributed by atoms with E-state index in [4.69, 9.17) is 11.4 Å². The van der Waals surface area contributed by atoms with Gasteiger partial charge in [0.25, 0.3) is 5.91 Å². The molecule has 9 heteroatoms. The fourth-order valence-corrected chi connectivity index (χ4v) is 7.09. The van der Waals surface area contributed by atoms with Crippen LogP contribution in [0.4, 0.5) is 9.52 Å². The van der Waals surface area contributed by atoms with Gasteiger partial charge in [-0.1, -0.05) is 19.8 Å². The molecular weight excluding hydrogens is 481 g/mol. The lowest BCUT2D eigenvalue weighted by Crippen LogP contribution is -2.57. The molecule has 5 atom stereocenters. The van der Waals surface area contributed by atoms with Crippen molar-refractivity contribution in [2.24, 2.45) is 16.7 Å². The van der Waals surface area contributed by atoms with Crippen LogP contribution in [0.15, 0.2) is 24.3 Å². The molecule has 3 N–H and O–H groups in total. The molecule has 192 valence electrons. The molecule has 2 aliphatic carbocycles. The van der Waals surface area contributed by atoms with E-state index in [1.807, 2.05) is 6.92 Å². The predicted octanol–water partition coefficient (Wildman–Crippen LogP) is 3.43. The molecule has 2 amide bonds. The summed E-state index contributed by atoms with van der Waals surface area (Å²) in [7, 11) is 1.67. The van der Waals surface area contributed by atoms with Crippen molar-refractivity contribution in [3.8, 4) is 12.3 Å². The number of rotatable bonds is 6. The van der Waals surface area contributed by atoms with Crippen LogP contribution in [-0.4, -0.2) is 58.2 Å².